The smallest absolute Gasteiger partial charge is 0.254 e. The highest BCUT2D eigenvalue weighted by Gasteiger charge is 2.31. The number of nitrogen functional groups attached to an aromatic ring is 1. The molecule has 6 rings (SSSR count). The number of nitrogens with two attached hydrogens (primary N) is 1. The van der Waals surface area contributed by atoms with Gasteiger partial charge in [-0.3, -0.25) is 9.48 Å². The molecule has 10 heteroatoms. The monoisotopic (exact) mass is 488 g/mol. The number of carbonyl (C=O) groups excluding carboxylic acids is 1. The van der Waals surface area contributed by atoms with Crippen LogP contribution in [0.4, 0.5) is 5.82 Å². The summed E-state index contributed by atoms with van der Waals surface area (Å²) in [6.07, 6.45) is 1.70. The maximum absolute atomic E-state index is 14.1. The summed E-state index contributed by atoms with van der Waals surface area (Å²) in [7, 11) is 3.48. The predicted molar refractivity (Wildman–Crippen MR) is 135 cm³/mol. The summed E-state index contributed by atoms with van der Waals surface area (Å²) in [5.74, 6) is 0.339. The molecule has 0 bridgehead atoms. The average molecular weight is 489 g/mol. The van der Waals surface area contributed by atoms with E-state index in [2.05, 4.69) is 27.2 Å². The van der Waals surface area contributed by atoms with Crippen molar-refractivity contribution in [3.05, 3.63) is 58.7 Å². The van der Waals surface area contributed by atoms with Gasteiger partial charge in [0.2, 0.25) is 0 Å². The van der Waals surface area contributed by atoms with Crippen LogP contribution in [0.1, 0.15) is 27.5 Å². The molecule has 9 nitrogen and oxygen atoms in total. The Morgan fingerprint density at radius 1 is 1.26 bits per heavy atom. The first-order valence-electron chi connectivity index (χ1n) is 11.3. The molecule has 2 N–H and O–H groups in total. The minimum Gasteiger partial charge on any atom is -0.383 e. The van der Waals surface area contributed by atoms with Gasteiger partial charge in [-0.25, -0.2) is 9.97 Å². The summed E-state index contributed by atoms with van der Waals surface area (Å²) in [6.45, 7) is 1.68. The SMILES string of the molecule is COCc1cc2nc(N)c3cnn(C)c3c2cc1C(=O)N1CCOCC1c1ccc2scnc2c1. The molecule has 0 aliphatic carbocycles. The van der Waals surface area contributed by atoms with Gasteiger partial charge in [-0.15, -0.1) is 11.3 Å². The molecule has 1 aliphatic rings. The van der Waals surface area contributed by atoms with Gasteiger partial charge in [-0.05, 0) is 35.4 Å². The second-order valence-corrected chi connectivity index (χ2v) is 9.54. The van der Waals surface area contributed by atoms with Crippen molar-refractivity contribution in [2.75, 3.05) is 32.6 Å². The number of methoxy groups -OCH3 is 1. The third kappa shape index (κ3) is 3.61. The van der Waals surface area contributed by atoms with Gasteiger partial charge in [0.05, 0.1) is 64.2 Å². The van der Waals surface area contributed by atoms with E-state index in [1.807, 2.05) is 35.7 Å². The van der Waals surface area contributed by atoms with Crippen LogP contribution in [0.15, 0.2) is 42.0 Å². The van der Waals surface area contributed by atoms with Crippen LogP contribution in [-0.4, -0.2) is 57.4 Å². The van der Waals surface area contributed by atoms with Gasteiger partial charge in [-0.1, -0.05) is 6.07 Å². The Morgan fingerprint density at radius 3 is 3.00 bits per heavy atom. The van der Waals surface area contributed by atoms with Crippen molar-refractivity contribution in [3.63, 3.8) is 0 Å². The molecule has 0 radical (unpaired) electrons. The third-order valence-corrected chi connectivity index (χ3v) is 7.40. The van der Waals surface area contributed by atoms with Crippen LogP contribution in [0.3, 0.4) is 0 Å². The molecule has 0 saturated carbocycles. The maximum atomic E-state index is 14.1. The first-order chi connectivity index (χ1) is 17.0. The van der Waals surface area contributed by atoms with Gasteiger partial charge in [0.15, 0.2) is 0 Å². The molecule has 1 aliphatic heterocycles. The first kappa shape index (κ1) is 21.9. The van der Waals surface area contributed by atoms with Crippen molar-refractivity contribution >= 4 is 55.1 Å². The van der Waals surface area contributed by atoms with Crippen LogP contribution in [0.5, 0.6) is 0 Å². The molecule has 1 saturated heterocycles. The number of thiazole rings is 1. The van der Waals surface area contributed by atoms with Gasteiger partial charge in [0, 0.05) is 31.7 Å². The van der Waals surface area contributed by atoms with Crippen LogP contribution in [0, 0.1) is 0 Å². The molecule has 2 aromatic carbocycles. The van der Waals surface area contributed by atoms with E-state index in [1.54, 1.807) is 29.3 Å². The maximum Gasteiger partial charge on any atom is 0.254 e. The van der Waals surface area contributed by atoms with Crippen molar-refractivity contribution in [1.82, 2.24) is 24.6 Å². The Hall–Kier alpha value is -3.60. The lowest BCUT2D eigenvalue weighted by Crippen LogP contribution is -2.43. The minimum absolute atomic E-state index is 0.0715. The molecule has 4 heterocycles. The number of pyridine rings is 1. The molecule has 5 aromatic rings. The molecule has 1 fully saturated rings. The zero-order chi connectivity index (χ0) is 24.1. The zero-order valence-corrected chi connectivity index (χ0v) is 20.2. The number of nitrogens with zero attached hydrogens (tertiary/aromatic N) is 5. The topological polar surface area (TPSA) is 108 Å². The van der Waals surface area contributed by atoms with Gasteiger partial charge < -0.3 is 20.1 Å². The molecule has 0 spiro atoms. The number of benzene rings is 2. The second-order valence-electron chi connectivity index (χ2n) is 8.66. The number of rotatable bonds is 4. The Labute approximate surface area is 205 Å². The summed E-state index contributed by atoms with van der Waals surface area (Å²) < 4.78 is 14.1. The quantitative estimate of drug-likeness (QED) is 0.411. The number of fused-ring (bicyclic) bond motifs is 4. The Kier molecular flexibility index (Phi) is 5.36. The number of aromatic nitrogens is 4. The van der Waals surface area contributed by atoms with E-state index in [9.17, 15) is 4.79 Å². The highest BCUT2D eigenvalue weighted by Crippen LogP contribution is 2.33. The molecule has 178 valence electrons. The number of ether oxygens (including phenoxy) is 2. The number of anilines is 1. The van der Waals surface area contributed by atoms with Crippen molar-refractivity contribution < 1.29 is 14.3 Å². The van der Waals surface area contributed by atoms with E-state index >= 15 is 0 Å². The van der Waals surface area contributed by atoms with Crippen molar-refractivity contribution in [1.29, 1.82) is 0 Å². The summed E-state index contributed by atoms with van der Waals surface area (Å²) >= 11 is 1.60. The van der Waals surface area contributed by atoms with Gasteiger partial charge in [0.1, 0.15) is 5.82 Å². The van der Waals surface area contributed by atoms with Gasteiger partial charge in [-0.2, -0.15) is 5.10 Å². The van der Waals surface area contributed by atoms with Crippen LogP contribution in [0.2, 0.25) is 0 Å². The summed E-state index contributed by atoms with van der Waals surface area (Å²) in [4.78, 5) is 25.0. The summed E-state index contributed by atoms with van der Waals surface area (Å²) in [5, 5.41) is 5.94. The largest absolute Gasteiger partial charge is 0.383 e. The minimum atomic E-state index is -0.213. The van der Waals surface area contributed by atoms with E-state index in [0.29, 0.717) is 36.7 Å². The third-order valence-electron chi connectivity index (χ3n) is 6.59. The summed E-state index contributed by atoms with van der Waals surface area (Å²) in [6, 6.07) is 9.75. The standard InChI is InChI=1S/C25H24N6O3S/c1-30-23-17-9-16(15(11-33-2)8-19(17)29-24(26)18(23)10-28-30)25(32)31-5-6-34-12-21(31)14-3-4-22-20(7-14)27-13-35-22/h3-4,7-10,13,21H,5-6,11-12H2,1-2H3,(H2,26,29). The number of morpholine rings is 1. The van der Waals surface area contributed by atoms with Crippen LogP contribution < -0.4 is 5.73 Å². The van der Waals surface area contributed by atoms with Crippen LogP contribution >= 0.6 is 11.3 Å². The molecular weight excluding hydrogens is 464 g/mol. The fourth-order valence-electron chi connectivity index (χ4n) is 4.88. The molecule has 3 aromatic heterocycles. The second kappa shape index (κ2) is 8.56. The van der Waals surface area contributed by atoms with Gasteiger partial charge in [0.25, 0.3) is 5.91 Å². The fourth-order valence-corrected chi connectivity index (χ4v) is 5.54. The number of aryl methyl sites for hydroxylation is 1. The predicted octanol–water partition coefficient (Wildman–Crippen LogP) is 3.67. The van der Waals surface area contributed by atoms with E-state index in [0.717, 1.165) is 37.6 Å². The highest BCUT2D eigenvalue weighted by molar-refractivity contribution is 7.16. The Morgan fingerprint density at radius 2 is 2.14 bits per heavy atom. The Bertz CT molecular complexity index is 1590. The van der Waals surface area contributed by atoms with E-state index in [1.165, 1.54) is 0 Å². The fraction of sp³-hybridized carbons (Fsp3) is 0.280. The van der Waals surface area contributed by atoms with E-state index in [4.69, 9.17) is 15.2 Å². The molecular formula is C25H24N6O3S. The van der Waals surface area contributed by atoms with Crippen molar-refractivity contribution in [3.8, 4) is 0 Å². The Balaban J connectivity index is 1.48. The average Bonchev–Trinajstić information content (AvgIpc) is 3.50. The molecule has 1 unspecified atom stereocenters. The van der Waals surface area contributed by atoms with Crippen LogP contribution in [-0.2, 0) is 23.1 Å². The highest BCUT2D eigenvalue weighted by atomic mass is 32.1. The molecule has 35 heavy (non-hydrogen) atoms. The van der Waals surface area contributed by atoms with Crippen LogP contribution in [0.25, 0.3) is 32.0 Å². The lowest BCUT2D eigenvalue weighted by atomic mass is 9.99. The van der Waals surface area contributed by atoms with Crippen molar-refractivity contribution in [2.45, 2.75) is 12.6 Å². The number of hydrogen-bond donors (Lipinski definition) is 1. The lowest BCUT2D eigenvalue weighted by Gasteiger charge is -2.36. The lowest BCUT2D eigenvalue weighted by molar-refractivity contribution is -0.00281. The normalized spacial score (nSPS) is 16.5. The summed E-state index contributed by atoms with van der Waals surface area (Å²) in [5.41, 5.74) is 12.9. The van der Waals surface area contributed by atoms with Crippen molar-refractivity contribution in [2.24, 2.45) is 7.05 Å². The number of hydrogen-bond acceptors (Lipinski definition) is 8. The molecule has 1 amide bonds. The number of amides is 1. The number of carbonyl (C=O) groups is 1. The zero-order valence-electron chi connectivity index (χ0n) is 19.4. The molecule has 1 atom stereocenters. The van der Waals surface area contributed by atoms with Gasteiger partial charge >= 0.3 is 0 Å². The van der Waals surface area contributed by atoms with E-state index < -0.39 is 0 Å². The van der Waals surface area contributed by atoms with E-state index in [-0.39, 0.29) is 18.6 Å². The first-order valence-corrected chi connectivity index (χ1v) is 12.2.